The number of nitrogens with one attached hydrogen (secondary N) is 1. The van der Waals surface area contributed by atoms with E-state index in [1.807, 2.05) is 54.6 Å². The zero-order valence-corrected chi connectivity index (χ0v) is 22.1. The summed E-state index contributed by atoms with van der Waals surface area (Å²) in [6.07, 6.45) is -0.730. The number of nitrogens with zero attached hydrogens (tertiary/aromatic N) is 1. The van der Waals surface area contributed by atoms with Gasteiger partial charge in [0.15, 0.2) is 6.29 Å². The van der Waals surface area contributed by atoms with Gasteiger partial charge in [-0.2, -0.15) is 0 Å². The SMILES string of the molecule is CC(=O)NCc1ccc(C2OC(CN(C)C(C)c3ccccc3)C(C)C(c3ccc(CO)cc3)O2)cc1. The zero-order chi connectivity index (χ0) is 26.4. The van der Waals surface area contributed by atoms with Gasteiger partial charge in [0.25, 0.3) is 0 Å². The lowest BCUT2D eigenvalue weighted by Crippen LogP contribution is -2.44. The summed E-state index contributed by atoms with van der Waals surface area (Å²) in [7, 11) is 2.14. The maximum atomic E-state index is 11.3. The van der Waals surface area contributed by atoms with Crippen molar-refractivity contribution < 1.29 is 19.4 Å². The fraction of sp³-hybridized carbons (Fsp3) is 0.387. The van der Waals surface area contributed by atoms with Gasteiger partial charge in [0.1, 0.15) is 0 Å². The minimum Gasteiger partial charge on any atom is -0.392 e. The standard InChI is InChI=1S/C31H38N2O4/c1-21-29(19-33(4)22(2)26-8-6-5-7-9-26)36-31(28-16-10-24(11-17-28)18-32-23(3)35)37-30(21)27-14-12-25(20-34)13-15-27/h5-17,21-22,29-31,34H,18-20H2,1-4H3,(H,32,35). The van der Waals surface area contributed by atoms with Gasteiger partial charge in [0.05, 0.1) is 18.8 Å². The summed E-state index contributed by atoms with van der Waals surface area (Å²) in [5.74, 6) is 0.0597. The summed E-state index contributed by atoms with van der Waals surface area (Å²) in [5.41, 5.74) is 5.19. The monoisotopic (exact) mass is 502 g/mol. The topological polar surface area (TPSA) is 71.0 Å². The first-order valence-electron chi connectivity index (χ1n) is 12.9. The van der Waals surface area contributed by atoms with Gasteiger partial charge >= 0.3 is 0 Å². The molecule has 0 radical (unpaired) electrons. The molecule has 0 saturated carbocycles. The average Bonchev–Trinajstić information content (AvgIpc) is 2.93. The van der Waals surface area contributed by atoms with Crippen molar-refractivity contribution in [3.63, 3.8) is 0 Å². The van der Waals surface area contributed by atoms with Crippen LogP contribution >= 0.6 is 0 Å². The highest BCUT2D eigenvalue weighted by Crippen LogP contribution is 2.42. The van der Waals surface area contributed by atoms with Crippen LogP contribution in [-0.2, 0) is 27.4 Å². The Morgan fingerprint density at radius 1 is 0.946 bits per heavy atom. The summed E-state index contributed by atoms with van der Waals surface area (Å²) in [6, 6.07) is 26.8. The smallest absolute Gasteiger partial charge is 0.217 e. The van der Waals surface area contributed by atoms with Crippen LogP contribution in [0.3, 0.4) is 0 Å². The lowest BCUT2D eigenvalue weighted by atomic mass is 9.89. The van der Waals surface area contributed by atoms with Crippen LogP contribution in [0.1, 0.15) is 67.0 Å². The average molecular weight is 503 g/mol. The van der Waals surface area contributed by atoms with E-state index >= 15 is 0 Å². The van der Waals surface area contributed by atoms with E-state index < -0.39 is 6.29 Å². The summed E-state index contributed by atoms with van der Waals surface area (Å²) in [5, 5.41) is 12.3. The fourth-order valence-electron chi connectivity index (χ4n) is 4.78. The third kappa shape index (κ3) is 6.84. The number of hydrogen-bond acceptors (Lipinski definition) is 5. The molecule has 5 unspecified atom stereocenters. The molecule has 0 spiro atoms. The normalized spacial score (nSPS) is 22.5. The predicted molar refractivity (Wildman–Crippen MR) is 144 cm³/mol. The molecule has 6 nitrogen and oxygen atoms in total. The summed E-state index contributed by atoms with van der Waals surface area (Å²) in [4.78, 5) is 13.6. The fourth-order valence-corrected chi connectivity index (χ4v) is 4.78. The first-order chi connectivity index (χ1) is 17.9. The molecule has 1 saturated heterocycles. The Hall–Kier alpha value is -3.03. The molecule has 3 aromatic carbocycles. The van der Waals surface area contributed by atoms with E-state index in [0.717, 1.165) is 28.8 Å². The summed E-state index contributed by atoms with van der Waals surface area (Å²) < 4.78 is 13.2. The van der Waals surface area contributed by atoms with E-state index in [4.69, 9.17) is 9.47 Å². The van der Waals surface area contributed by atoms with Crippen molar-refractivity contribution in [2.45, 2.75) is 58.5 Å². The van der Waals surface area contributed by atoms with Crippen LogP contribution in [0.25, 0.3) is 0 Å². The highest BCUT2D eigenvalue weighted by molar-refractivity contribution is 5.72. The minimum absolute atomic E-state index is 0.0166. The zero-order valence-electron chi connectivity index (χ0n) is 22.1. The molecule has 1 heterocycles. The highest BCUT2D eigenvalue weighted by atomic mass is 16.7. The molecular formula is C31H38N2O4. The first-order valence-corrected chi connectivity index (χ1v) is 12.9. The quantitative estimate of drug-likeness (QED) is 0.416. The van der Waals surface area contributed by atoms with Crippen LogP contribution < -0.4 is 5.32 Å². The molecule has 0 aromatic heterocycles. The Balaban J connectivity index is 1.56. The van der Waals surface area contributed by atoms with Crippen molar-refractivity contribution >= 4 is 5.91 Å². The molecular weight excluding hydrogens is 464 g/mol. The van der Waals surface area contributed by atoms with Gasteiger partial charge in [0.2, 0.25) is 5.91 Å². The number of aliphatic hydroxyl groups excluding tert-OH is 1. The van der Waals surface area contributed by atoms with Crippen molar-refractivity contribution in [2.24, 2.45) is 5.92 Å². The summed E-state index contributed by atoms with van der Waals surface area (Å²) in [6.45, 7) is 7.18. The van der Waals surface area contributed by atoms with Crippen LogP contribution in [0.2, 0.25) is 0 Å². The molecule has 4 rings (SSSR count). The van der Waals surface area contributed by atoms with E-state index in [2.05, 4.69) is 55.4 Å². The van der Waals surface area contributed by atoms with Crippen molar-refractivity contribution in [1.29, 1.82) is 0 Å². The molecule has 0 aliphatic carbocycles. The lowest BCUT2D eigenvalue weighted by Gasteiger charge is -2.43. The third-order valence-corrected chi connectivity index (χ3v) is 7.33. The van der Waals surface area contributed by atoms with E-state index in [1.165, 1.54) is 12.5 Å². The molecule has 6 heteroatoms. The van der Waals surface area contributed by atoms with Gasteiger partial charge in [0, 0.05) is 37.5 Å². The molecule has 1 fully saturated rings. The largest absolute Gasteiger partial charge is 0.392 e. The number of rotatable bonds is 9. The van der Waals surface area contributed by atoms with Gasteiger partial charge in [-0.05, 0) is 36.2 Å². The van der Waals surface area contributed by atoms with Gasteiger partial charge < -0.3 is 19.9 Å². The second-order valence-corrected chi connectivity index (χ2v) is 10.00. The Morgan fingerprint density at radius 3 is 2.19 bits per heavy atom. The minimum atomic E-state index is -0.515. The lowest BCUT2D eigenvalue weighted by molar-refractivity contribution is -0.276. The van der Waals surface area contributed by atoms with Gasteiger partial charge in [-0.15, -0.1) is 0 Å². The number of carbonyl (C=O) groups is 1. The number of amides is 1. The first kappa shape index (κ1) is 27.0. The Labute approximate surface area is 220 Å². The molecule has 1 aliphatic rings. The van der Waals surface area contributed by atoms with Crippen molar-refractivity contribution in [1.82, 2.24) is 10.2 Å². The maximum absolute atomic E-state index is 11.3. The number of likely N-dealkylation sites (N-methyl/N-ethyl adjacent to an activating group) is 1. The van der Waals surface area contributed by atoms with E-state index in [0.29, 0.717) is 6.54 Å². The molecule has 2 N–H and O–H groups in total. The molecule has 5 atom stereocenters. The van der Waals surface area contributed by atoms with Crippen molar-refractivity contribution in [3.05, 3.63) is 107 Å². The van der Waals surface area contributed by atoms with E-state index in [-0.39, 0.29) is 36.7 Å². The number of carbonyl (C=O) groups excluding carboxylic acids is 1. The number of ether oxygens (including phenoxy) is 2. The highest BCUT2D eigenvalue weighted by Gasteiger charge is 2.39. The number of hydrogen-bond donors (Lipinski definition) is 2. The van der Waals surface area contributed by atoms with Gasteiger partial charge in [-0.3, -0.25) is 9.69 Å². The molecule has 3 aromatic rings. The molecule has 37 heavy (non-hydrogen) atoms. The Kier molecular flexibility index (Phi) is 9.11. The predicted octanol–water partition coefficient (Wildman–Crippen LogP) is 5.30. The van der Waals surface area contributed by atoms with Crippen LogP contribution in [0.5, 0.6) is 0 Å². The van der Waals surface area contributed by atoms with E-state index in [9.17, 15) is 9.90 Å². The second kappa shape index (κ2) is 12.5. The van der Waals surface area contributed by atoms with Crippen LogP contribution in [-0.4, -0.2) is 35.6 Å². The maximum Gasteiger partial charge on any atom is 0.217 e. The van der Waals surface area contributed by atoms with Crippen LogP contribution in [0.15, 0.2) is 78.9 Å². The molecule has 0 bridgehead atoms. The molecule has 196 valence electrons. The number of aliphatic hydroxyl groups is 1. The Bertz CT molecular complexity index is 1130. The second-order valence-electron chi connectivity index (χ2n) is 10.00. The molecule has 1 aliphatic heterocycles. The van der Waals surface area contributed by atoms with Crippen LogP contribution in [0, 0.1) is 5.92 Å². The van der Waals surface area contributed by atoms with Gasteiger partial charge in [-0.1, -0.05) is 85.8 Å². The Morgan fingerprint density at radius 2 is 1.57 bits per heavy atom. The summed E-state index contributed by atoms with van der Waals surface area (Å²) >= 11 is 0. The van der Waals surface area contributed by atoms with Crippen molar-refractivity contribution in [2.75, 3.05) is 13.6 Å². The van der Waals surface area contributed by atoms with Crippen LogP contribution in [0.4, 0.5) is 0 Å². The van der Waals surface area contributed by atoms with Crippen molar-refractivity contribution in [3.8, 4) is 0 Å². The van der Waals surface area contributed by atoms with Gasteiger partial charge in [-0.25, -0.2) is 0 Å². The van der Waals surface area contributed by atoms with E-state index in [1.54, 1.807) is 0 Å². The molecule has 1 amide bonds. The number of benzene rings is 3. The third-order valence-electron chi connectivity index (χ3n) is 7.33.